The molecule has 4 rings (SSSR count). The van der Waals surface area contributed by atoms with Gasteiger partial charge in [0.15, 0.2) is 5.69 Å². The van der Waals surface area contributed by atoms with E-state index < -0.39 is 12.5 Å². The van der Waals surface area contributed by atoms with Crippen LogP contribution in [0.15, 0.2) is 59.1 Å². The van der Waals surface area contributed by atoms with Gasteiger partial charge in [0, 0.05) is 16.9 Å². The molecule has 2 aromatic carbocycles. The van der Waals surface area contributed by atoms with E-state index in [2.05, 4.69) is 25.3 Å². The van der Waals surface area contributed by atoms with Crippen LogP contribution in [0.25, 0.3) is 23.0 Å². The number of aryl methyl sites for hydroxylation is 1. The van der Waals surface area contributed by atoms with E-state index in [9.17, 15) is 18.0 Å². The zero-order chi connectivity index (χ0) is 23.6. The summed E-state index contributed by atoms with van der Waals surface area (Å²) >= 11 is 0. The van der Waals surface area contributed by atoms with Crippen LogP contribution in [0, 0.1) is 6.92 Å². The Morgan fingerprint density at radius 1 is 1.18 bits per heavy atom. The Bertz CT molecular complexity index is 1280. The smallest absolute Gasteiger partial charge is 0.465 e. The predicted octanol–water partition coefficient (Wildman–Crippen LogP) is 4.95. The van der Waals surface area contributed by atoms with Crippen LogP contribution in [0.5, 0.6) is 5.75 Å². The molecule has 12 heteroatoms. The number of hydrogen-bond donors (Lipinski definition) is 2. The summed E-state index contributed by atoms with van der Waals surface area (Å²) in [6, 6.07) is 13.7. The number of halogens is 3. The van der Waals surface area contributed by atoms with E-state index in [4.69, 9.17) is 9.63 Å². The highest BCUT2D eigenvalue weighted by Crippen LogP contribution is 2.27. The third-order valence-corrected chi connectivity index (χ3v) is 4.48. The van der Waals surface area contributed by atoms with Gasteiger partial charge in [-0.2, -0.15) is 10.1 Å². The fourth-order valence-electron chi connectivity index (χ4n) is 3.07. The van der Waals surface area contributed by atoms with E-state index >= 15 is 0 Å². The second kappa shape index (κ2) is 8.65. The molecule has 2 heterocycles. The number of rotatable bonds is 6. The third kappa shape index (κ3) is 5.47. The Balaban J connectivity index is 1.50. The molecule has 170 valence electrons. The fourth-order valence-corrected chi connectivity index (χ4v) is 3.07. The summed E-state index contributed by atoms with van der Waals surface area (Å²) in [5.41, 5.74) is 2.93. The number of nitrogens with zero attached hydrogens (tertiary/aromatic N) is 4. The Kier molecular flexibility index (Phi) is 5.73. The van der Waals surface area contributed by atoms with Crippen molar-refractivity contribution in [3.05, 3.63) is 65.9 Å². The lowest BCUT2D eigenvalue weighted by Gasteiger charge is -2.08. The minimum absolute atomic E-state index is 0.142. The molecule has 0 spiro atoms. The maximum atomic E-state index is 12.3. The molecule has 0 aliphatic rings. The first-order valence-corrected chi connectivity index (χ1v) is 9.50. The summed E-state index contributed by atoms with van der Waals surface area (Å²) in [4.78, 5) is 15.1. The summed E-state index contributed by atoms with van der Waals surface area (Å²) in [5, 5.41) is 19.5. The van der Waals surface area contributed by atoms with Crippen molar-refractivity contribution in [3.8, 4) is 28.7 Å². The van der Waals surface area contributed by atoms with Gasteiger partial charge in [-0.05, 0) is 55.0 Å². The minimum atomic E-state index is -4.77. The van der Waals surface area contributed by atoms with E-state index in [0.717, 1.165) is 23.4 Å². The molecular formula is C21H16F3N5O4. The summed E-state index contributed by atoms with van der Waals surface area (Å²) in [5.74, 6) is -0.0288. The molecule has 9 nitrogen and oxygen atoms in total. The molecule has 2 N–H and O–H groups in total. The summed E-state index contributed by atoms with van der Waals surface area (Å²) in [6.07, 6.45) is -5.93. The van der Waals surface area contributed by atoms with Gasteiger partial charge in [0.2, 0.25) is 5.82 Å². The van der Waals surface area contributed by atoms with E-state index in [-0.39, 0.29) is 17.5 Å². The van der Waals surface area contributed by atoms with Gasteiger partial charge in [-0.25, -0.2) is 4.79 Å². The van der Waals surface area contributed by atoms with Crippen molar-refractivity contribution in [1.29, 1.82) is 0 Å². The van der Waals surface area contributed by atoms with Gasteiger partial charge in [-0.1, -0.05) is 17.3 Å². The van der Waals surface area contributed by atoms with Crippen molar-refractivity contribution >= 4 is 11.8 Å². The van der Waals surface area contributed by atoms with Gasteiger partial charge in [0.25, 0.3) is 5.89 Å². The molecule has 4 aromatic rings. The number of benzene rings is 2. The van der Waals surface area contributed by atoms with Crippen molar-refractivity contribution < 1.29 is 32.3 Å². The van der Waals surface area contributed by atoms with Crippen molar-refractivity contribution in [2.75, 3.05) is 5.32 Å². The third-order valence-electron chi connectivity index (χ3n) is 4.48. The number of amides is 1. The average Bonchev–Trinajstić information content (AvgIpc) is 3.35. The molecular weight excluding hydrogens is 443 g/mol. The van der Waals surface area contributed by atoms with E-state index in [0.29, 0.717) is 23.5 Å². The number of carbonyl (C=O) groups is 1. The van der Waals surface area contributed by atoms with Crippen molar-refractivity contribution in [2.24, 2.45) is 0 Å². The van der Waals surface area contributed by atoms with Crippen LogP contribution < -0.4 is 10.1 Å². The lowest BCUT2D eigenvalue weighted by Crippen LogP contribution is -2.16. The van der Waals surface area contributed by atoms with Crippen molar-refractivity contribution in [2.45, 2.75) is 19.8 Å². The monoisotopic (exact) mass is 459 g/mol. The van der Waals surface area contributed by atoms with E-state index in [1.54, 1.807) is 28.9 Å². The molecule has 2 aromatic heterocycles. The Morgan fingerprint density at radius 2 is 1.94 bits per heavy atom. The first-order valence-electron chi connectivity index (χ1n) is 9.50. The SMILES string of the molecule is Cc1cc(-c2nc(-c3ccc(OC(F)(F)F)cc3)no2)nn1Cc1cccc(NC(=O)O)c1. The zero-order valence-electron chi connectivity index (χ0n) is 17.0. The van der Waals surface area contributed by atoms with Gasteiger partial charge < -0.3 is 14.4 Å². The highest BCUT2D eigenvalue weighted by atomic mass is 19.4. The first kappa shape index (κ1) is 21.9. The second-order valence-corrected chi connectivity index (χ2v) is 6.95. The molecule has 0 bridgehead atoms. The van der Waals surface area contributed by atoms with E-state index in [1.807, 2.05) is 13.0 Å². The number of anilines is 1. The Hall–Kier alpha value is -4.35. The lowest BCUT2D eigenvalue weighted by molar-refractivity contribution is -0.274. The minimum Gasteiger partial charge on any atom is -0.465 e. The standard InChI is InChI=1S/C21H16F3N5O4/c1-12-9-17(27-29(12)11-13-3-2-4-15(10-13)25-20(30)31)19-26-18(28-33-19)14-5-7-16(8-6-14)32-21(22,23)24/h2-10,25H,11H2,1H3,(H,30,31). The highest BCUT2D eigenvalue weighted by molar-refractivity contribution is 5.82. The zero-order valence-corrected chi connectivity index (χ0v) is 17.0. The first-order chi connectivity index (χ1) is 15.7. The molecule has 1 amide bonds. The molecule has 0 radical (unpaired) electrons. The maximum Gasteiger partial charge on any atom is 0.573 e. The molecule has 33 heavy (non-hydrogen) atoms. The van der Waals surface area contributed by atoms with Gasteiger partial charge in [-0.15, -0.1) is 13.2 Å². The van der Waals surface area contributed by atoms with Gasteiger partial charge >= 0.3 is 12.5 Å². The molecule has 0 saturated heterocycles. The van der Waals surface area contributed by atoms with Crippen LogP contribution in [0.2, 0.25) is 0 Å². The number of alkyl halides is 3. The topological polar surface area (TPSA) is 115 Å². The van der Waals surface area contributed by atoms with Crippen LogP contribution in [-0.2, 0) is 6.54 Å². The van der Waals surface area contributed by atoms with Gasteiger partial charge in [0.1, 0.15) is 5.75 Å². The van der Waals surface area contributed by atoms with Crippen LogP contribution >= 0.6 is 0 Å². The van der Waals surface area contributed by atoms with Crippen molar-refractivity contribution in [3.63, 3.8) is 0 Å². The van der Waals surface area contributed by atoms with Gasteiger partial charge in [0.05, 0.1) is 6.54 Å². The number of aromatic nitrogens is 4. The van der Waals surface area contributed by atoms with Crippen LogP contribution in [0.3, 0.4) is 0 Å². The molecule has 0 atom stereocenters. The number of hydrogen-bond acceptors (Lipinski definition) is 6. The average molecular weight is 459 g/mol. The number of carboxylic acid groups (broad SMARTS) is 1. The Morgan fingerprint density at radius 3 is 2.64 bits per heavy atom. The molecule has 0 aliphatic heterocycles. The summed E-state index contributed by atoms with van der Waals surface area (Å²) in [6.45, 7) is 2.22. The van der Waals surface area contributed by atoms with Crippen LogP contribution in [0.4, 0.5) is 23.7 Å². The quantitative estimate of drug-likeness (QED) is 0.419. The van der Waals surface area contributed by atoms with Crippen LogP contribution in [-0.4, -0.2) is 37.5 Å². The van der Waals surface area contributed by atoms with E-state index in [1.165, 1.54) is 12.1 Å². The summed E-state index contributed by atoms with van der Waals surface area (Å²) < 4.78 is 47.7. The molecule has 0 aliphatic carbocycles. The molecule has 0 saturated carbocycles. The number of nitrogens with one attached hydrogen (secondary N) is 1. The number of ether oxygens (including phenoxy) is 1. The molecule has 0 fully saturated rings. The second-order valence-electron chi connectivity index (χ2n) is 6.95. The fraction of sp³-hybridized carbons (Fsp3) is 0.143. The Labute approximate surface area is 184 Å². The highest BCUT2D eigenvalue weighted by Gasteiger charge is 2.31. The predicted molar refractivity (Wildman–Crippen MR) is 110 cm³/mol. The summed E-state index contributed by atoms with van der Waals surface area (Å²) in [7, 11) is 0. The van der Waals surface area contributed by atoms with Crippen molar-refractivity contribution in [1.82, 2.24) is 19.9 Å². The van der Waals surface area contributed by atoms with Gasteiger partial charge in [-0.3, -0.25) is 10.00 Å². The molecule has 0 unspecified atom stereocenters. The maximum absolute atomic E-state index is 12.3. The van der Waals surface area contributed by atoms with Crippen LogP contribution in [0.1, 0.15) is 11.3 Å². The lowest BCUT2D eigenvalue weighted by atomic mass is 10.2. The normalized spacial score (nSPS) is 11.4. The largest absolute Gasteiger partial charge is 0.573 e.